The molecule has 6 nitrogen and oxygen atoms in total. The van der Waals surface area contributed by atoms with Crippen molar-refractivity contribution in [2.45, 2.75) is 44.8 Å². The molecule has 0 spiro atoms. The molecule has 3 N–H and O–H groups in total. The minimum Gasteiger partial charge on any atom is -0.370 e. The number of likely N-dealkylation sites (tertiary alicyclic amines) is 1. The molecule has 1 aromatic heterocycles. The van der Waals surface area contributed by atoms with Gasteiger partial charge in [-0.1, -0.05) is 12.1 Å². The molecule has 1 saturated heterocycles. The highest BCUT2D eigenvalue weighted by molar-refractivity contribution is 5.83. The average Bonchev–Trinajstić information content (AvgIpc) is 3.25. The molecule has 0 radical (unpaired) electrons. The number of hydrogen-bond donors (Lipinski definition) is 2. The van der Waals surface area contributed by atoms with Gasteiger partial charge >= 0.3 is 0 Å². The van der Waals surface area contributed by atoms with Crippen LogP contribution in [0.4, 0.5) is 5.69 Å². The Morgan fingerprint density at radius 1 is 1.26 bits per heavy atom. The lowest BCUT2D eigenvalue weighted by Gasteiger charge is -2.41. The minimum atomic E-state index is -0.242. The second-order valence-electron chi connectivity index (χ2n) is 8.48. The van der Waals surface area contributed by atoms with Crippen LogP contribution < -0.4 is 10.6 Å². The van der Waals surface area contributed by atoms with Crippen molar-refractivity contribution in [3.63, 3.8) is 0 Å². The van der Waals surface area contributed by atoms with Gasteiger partial charge in [-0.15, -0.1) is 0 Å². The van der Waals surface area contributed by atoms with Crippen molar-refractivity contribution in [1.29, 1.82) is 5.26 Å². The van der Waals surface area contributed by atoms with Crippen molar-refractivity contribution in [3.8, 4) is 6.07 Å². The summed E-state index contributed by atoms with van der Waals surface area (Å²) in [4.78, 5) is 19.4. The van der Waals surface area contributed by atoms with Gasteiger partial charge in [0, 0.05) is 60.9 Å². The predicted molar refractivity (Wildman–Crippen MR) is 124 cm³/mol. The number of benzene rings is 2. The Kier molecular flexibility index (Phi) is 6.24. The lowest BCUT2D eigenvalue weighted by atomic mass is 9.98. The van der Waals surface area contributed by atoms with Crippen molar-refractivity contribution in [3.05, 3.63) is 65.9 Å². The van der Waals surface area contributed by atoms with E-state index in [0.29, 0.717) is 18.0 Å². The molecule has 2 heterocycles. The molecule has 4 rings (SSSR count). The zero-order valence-electron chi connectivity index (χ0n) is 17.9. The molecule has 160 valence electrons. The molecular weight excluding hydrogens is 386 g/mol. The third-order valence-electron chi connectivity index (χ3n) is 6.34. The summed E-state index contributed by atoms with van der Waals surface area (Å²) >= 11 is 0. The third kappa shape index (κ3) is 4.89. The number of rotatable bonds is 7. The van der Waals surface area contributed by atoms with E-state index in [1.54, 1.807) is 0 Å². The van der Waals surface area contributed by atoms with Gasteiger partial charge in [-0.2, -0.15) is 5.26 Å². The maximum atomic E-state index is 11.3. The van der Waals surface area contributed by atoms with E-state index in [-0.39, 0.29) is 11.9 Å². The van der Waals surface area contributed by atoms with Crippen LogP contribution >= 0.6 is 0 Å². The molecule has 1 aliphatic rings. The second-order valence-corrected chi connectivity index (χ2v) is 8.48. The van der Waals surface area contributed by atoms with Gasteiger partial charge in [0.1, 0.15) is 0 Å². The van der Waals surface area contributed by atoms with Crippen LogP contribution in [0.5, 0.6) is 0 Å². The Morgan fingerprint density at radius 3 is 2.81 bits per heavy atom. The van der Waals surface area contributed by atoms with Gasteiger partial charge in [0.2, 0.25) is 5.91 Å². The number of anilines is 1. The number of nitrogens with two attached hydrogens (primary N) is 1. The molecule has 0 saturated carbocycles. The van der Waals surface area contributed by atoms with Gasteiger partial charge in [0.25, 0.3) is 0 Å². The summed E-state index contributed by atoms with van der Waals surface area (Å²) in [5.74, 6) is -0.242. The van der Waals surface area contributed by atoms with Crippen molar-refractivity contribution in [2.75, 3.05) is 18.0 Å². The summed E-state index contributed by atoms with van der Waals surface area (Å²) in [5, 5.41) is 10.5. The minimum absolute atomic E-state index is 0.176. The summed E-state index contributed by atoms with van der Waals surface area (Å²) < 4.78 is 0. The van der Waals surface area contributed by atoms with E-state index < -0.39 is 0 Å². The van der Waals surface area contributed by atoms with Gasteiger partial charge in [-0.05, 0) is 61.7 Å². The number of aromatic nitrogens is 1. The monoisotopic (exact) mass is 415 g/mol. The van der Waals surface area contributed by atoms with Crippen molar-refractivity contribution >= 4 is 22.5 Å². The van der Waals surface area contributed by atoms with E-state index >= 15 is 0 Å². The summed E-state index contributed by atoms with van der Waals surface area (Å²) in [7, 11) is 0. The first-order chi connectivity index (χ1) is 15.0. The average molecular weight is 416 g/mol. The molecule has 0 aliphatic carbocycles. The second kappa shape index (κ2) is 9.23. The van der Waals surface area contributed by atoms with E-state index in [9.17, 15) is 10.1 Å². The van der Waals surface area contributed by atoms with E-state index in [2.05, 4.69) is 58.1 Å². The van der Waals surface area contributed by atoms with Crippen LogP contribution in [0, 0.1) is 11.3 Å². The highest BCUT2D eigenvalue weighted by Gasteiger charge is 2.28. The quantitative estimate of drug-likeness (QED) is 0.615. The molecule has 6 heteroatoms. The number of nitrogens with one attached hydrogen (secondary N) is 1. The van der Waals surface area contributed by atoms with Gasteiger partial charge < -0.3 is 15.6 Å². The van der Waals surface area contributed by atoms with E-state index in [1.165, 1.54) is 11.1 Å². The highest BCUT2D eigenvalue weighted by Crippen LogP contribution is 2.29. The van der Waals surface area contributed by atoms with Crippen molar-refractivity contribution < 1.29 is 4.79 Å². The largest absolute Gasteiger partial charge is 0.370 e. The highest BCUT2D eigenvalue weighted by atomic mass is 16.1. The Labute approximate surface area is 183 Å². The summed E-state index contributed by atoms with van der Waals surface area (Å²) in [6.45, 7) is 4.73. The maximum Gasteiger partial charge on any atom is 0.218 e. The normalized spacial score (nSPS) is 16.1. The number of carbonyl (C=O) groups excluding carboxylic acids is 1. The van der Waals surface area contributed by atoms with Crippen LogP contribution in [0.2, 0.25) is 0 Å². The number of primary amides is 1. The fraction of sp³-hybridized carbons (Fsp3) is 0.360. The van der Waals surface area contributed by atoms with Crippen LogP contribution in [-0.4, -0.2) is 41.0 Å². The fourth-order valence-corrected chi connectivity index (χ4v) is 4.65. The first kappa shape index (κ1) is 21.0. The number of aromatic amines is 1. The lowest BCUT2D eigenvalue weighted by molar-refractivity contribution is -0.119. The van der Waals surface area contributed by atoms with Crippen LogP contribution in [0.25, 0.3) is 10.9 Å². The Balaban J connectivity index is 1.56. The molecule has 31 heavy (non-hydrogen) atoms. The number of hydrogen-bond acceptors (Lipinski definition) is 4. The van der Waals surface area contributed by atoms with E-state index in [4.69, 9.17) is 5.73 Å². The zero-order chi connectivity index (χ0) is 21.8. The molecule has 3 aromatic rings. The van der Waals surface area contributed by atoms with Gasteiger partial charge in [-0.3, -0.25) is 9.69 Å². The first-order valence-corrected chi connectivity index (χ1v) is 10.9. The number of piperidine rings is 1. The standard InChI is InChI=1S/C25H29N5O/c1-18(13-25(27)31)29-11-8-22(9-12-29)30(17-20-4-2-3-19(14-20)16-26)23-5-6-24-21(15-23)7-10-28-24/h2-7,10,14-15,18,22,28H,8-9,11-13,17H2,1H3,(H2,27,31). The number of amides is 1. The van der Waals surface area contributed by atoms with E-state index in [0.717, 1.165) is 43.6 Å². The first-order valence-electron chi connectivity index (χ1n) is 10.9. The van der Waals surface area contributed by atoms with Gasteiger partial charge in [0.05, 0.1) is 11.6 Å². The van der Waals surface area contributed by atoms with Crippen LogP contribution in [0.3, 0.4) is 0 Å². The molecule has 2 aromatic carbocycles. The maximum absolute atomic E-state index is 11.3. The molecule has 1 aliphatic heterocycles. The number of nitriles is 1. The van der Waals surface area contributed by atoms with Crippen LogP contribution in [0.15, 0.2) is 54.7 Å². The summed E-state index contributed by atoms with van der Waals surface area (Å²) in [6, 6.07) is 19.3. The Hall–Kier alpha value is -3.30. The number of nitrogens with zero attached hydrogens (tertiary/aromatic N) is 3. The van der Waals surface area contributed by atoms with Crippen molar-refractivity contribution in [1.82, 2.24) is 9.88 Å². The fourth-order valence-electron chi connectivity index (χ4n) is 4.65. The molecule has 1 atom stereocenters. The SMILES string of the molecule is CC(CC(N)=O)N1CCC(N(Cc2cccc(C#N)c2)c2ccc3[nH]ccc3c2)CC1. The third-order valence-corrected chi connectivity index (χ3v) is 6.34. The summed E-state index contributed by atoms with van der Waals surface area (Å²) in [6.07, 6.45) is 4.41. The van der Waals surface area contributed by atoms with Gasteiger partial charge in [0.15, 0.2) is 0 Å². The Bertz CT molecular complexity index is 1090. The predicted octanol–water partition coefficient (Wildman–Crippen LogP) is 3.77. The van der Waals surface area contributed by atoms with Crippen molar-refractivity contribution in [2.24, 2.45) is 5.73 Å². The summed E-state index contributed by atoms with van der Waals surface area (Å²) in [5.41, 5.74) is 9.55. The molecule has 0 bridgehead atoms. The van der Waals surface area contributed by atoms with Crippen LogP contribution in [-0.2, 0) is 11.3 Å². The molecule has 1 fully saturated rings. The molecule has 1 amide bonds. The smallest absolute Gasteiger partial charge is 0.218 e. The number of fused-ring (bicyclic) bond motifs is 1. The molecular formula is C25H29N5O. The van der Waals surface area contributed by atoms with Gasteiger partial charge in [-0.25, -0.2) is 0 Å². The topological polar surface area (TPSA) is 89.2 Å². The van der Waals surface area contributed by atoms with Crippen LogP contribution in [0.1, 0.15) is 37.3 Å². The number of carbonyl (C=O) groups is 1. The molecule has 1 unspecified atom stereocenters. The zero-order valence-corrected chi connectivity index (χ0v) is 17.9. The lowest BCUT2D eigenvalue weighted by Crippen LogP contribution is -2.48. The number of H-pyrrole nitrogens is 1. The van der Waals surface area contributed by atoms with E-state index in [1.807, 2.05) is 24.4 Å². The Morgan fingerprint density at radius 2 is 2.06 bits per heavy atom.